The topological polar surface area (TPSA) is 66.4 Å². The van der Waals surface area contributed by atoms with Gasteiger partial charge in [-0.2, -0.15) is 0 Å². The van der Waals surface area contributed by atoms with Crippen LogP contribution in [0.3, 0.4) is 0 Å². The van der Waals surface area contributed by atoms with Crippen molar-refractivity contribution in [2.24, 2.45) is 5.92 Å². The van der Waals surface area contributed by atoms with Crippen molar-refractivity contribution in [3.63, 3.8) is 0 Å². The summed E-state index contributed by atoms with van der Waals surface area (Å²) in [5.74, 6) is -0.591. The molecular formula is C16H23NO3S. The largest absolute Gasteiger partial charge is 0.480 e. The third-order valence-electron chi connectivity index (χ3n) is 3.10. The van der Waals surface area contributed by atoms with Gasteiger partial charge in [-0.05, 0) is 23.5 Å². The van der Waals surface area contributed by atoms with Crippen LogP contribution in [0.25, 0.3) is 0 Å². The number of rotatable bonds is 7. The van der Waals surface area contributed by atoms with Crippen LogP contribution in [0.2, 0.25) is 0 Å². The first-order chi connectivity index (χ1) is 9.82. The molecule has 0 heterocycles. The number of carbonyl (C=O) groups excluding carboxylic acids is 1. The van der Waals surface area contributed by atoms with E-state index in [1.54, 1.807) is 0 Å². The molecule has 21 heavy (non-hydrogen) atoms. The minimum absolute atomic E-state index is 0.0109. The number of hydrogen-bond donors (Lipinski definition) is 2. The van der Waals surface area contributed by atoms with Gasteiger partial charge in [-0.1, -0.05) is 45.9 Å². The van der Waals surface area contributed by atoms with Crippen LogP contribution in [0.1, 0.15) is 39.2 Å². The van der Waals surface area contributed by atoms with Gasteiger partial charge in [0.15, 0.2) is 0 Å². The lowest BCUT2D eigenvalue weighted by molar-refractivity contribution is -0.137. The van der Waals surface area contributed by atoms with Crippen LogP contribution in [0.4, 0.5) is 5.69 Å². The summed E-state index contributed by atoms with van der Waals surface area (Å²) in [4.78, 5) is 23.1. The van der Waals surface area contributed by atoms with E-state index in [9.17, 15) is 9.59 Å². The van der Waals surface area contributed by atoms with Crippen LogP contribution in [0.15, 0.2) is 24.3 Å². The molecule has 116 valence electrons. The molecule has 0 aliphatic rings. The average Bonchev–Trinajstić information content (AvgIpc) is 2.38. The molecule has 1 unspecified atom stereocenters. The molecule has 0 aromatic heterocycles. The van der Waals surface area contributed by atoms with Gasteiger partial charge in [0, 0.05) is 5.69 Å². The van der Waals surface area contributed by atoms with Crippen LogP contribution >= 0.6 is 11.8 Å². The molecule has 1 atom stereocenters. The predicted molar refractivity (Wildman–Crippen MR) is 87.9 cm³/mol. The fourth-order valence-electron chi connectivity index (χ4n) is 2.01. The Hall–Kier alpha value is -1.49. The van der Waals surface area contributed by atoms with Crippen LogP contribution in [-0.4, -0.2) is 28.0 Å². The highest BCUT2D eigenvalue weighted by Crippen LogP contribution is 2.24. The Morgan fingerprint density at radius 2 is 1.81 bits per heavy atom. The Morgan fingerprint density at radius 1 is 1.19 bits per heavy atom. The molecule has 0 fully saturated rings. The highest BCUT2D eigenvalue weighted by molar-refractivity contribution is 8.01. The molecule has 0 aliphatic heterocycles. The van der Waals surface area contributed by atoms with Gasteiger partial charge < -0.3 is 10.4 Å². The molecule has 0 aliphatic carbocycles. The quantitative estimate of drug-likeness (QED) is 0.808. The number of hydrogen-bond acceptors (Lipinski definition) is 3. The fourth-order valence-corrected chi connectivity index (χ4v) is 2.95. The number of aliphatic carboxylic acids is 1. The summed E-state index contributed by atoms with van der Waals surface area (Å²) < 4.78 is 0. The van der Waals surface area contributed by atoms with E-state index >= 15 is 0 Å². The molecule has 1 aromatic rings. The lowest BCUT2D eigenvalue weighted by atomic mass is 10.0. The van der Waals surface area contributed by atoms with Crippen LogP contribution in [-0.2, 0) is 9.59 Å². The third kappa shape index (κ3) is 5.42. The Balaban J connectivity index is 2.64. The number of para-hydroxylation sites is 1. The predicted octanol–water partition coefficient (Wildman–Crippen LogP) is 3.59. The van der Waals surface area contributed by atoms with Crippen molar-refractivity contribution in [3.05, 3.63) is 29.8 Å². The maximum absolute atomic E-state index is 12.0. The van der Waals surface area contributed by atoms with E-state index in [-0.39, 0.29) is 17.6 Å². The molecule has 0 radical (unpaired) electrons. The average molecular weight is 309 g/mol. The van der Waals surface area contributed by atoms with Crippen molar-refractivity contribution >= 4 is 29.3 Å². The first-order valence-electron chi connectivity index (χ1n) is 7.06. The highest BCUT2D eigenvalue weighted by atomic mass is 32.2. The summed E-state index contributed by atoms with van der Waals surface area (Å²) in [6.45, 7) is 7.83. The molecule has 0 saturated heterocycles. The van der Waals surface area contributed by atoms with Gasteiger partial charge in [-0.15, -0.1) is 11.8 Å². The maximum atomic E-state index is 12.0. The second-order valence-corrected chi connectivity index (χ2v) is 6.73. The summed E-state index contributed by atoms with van der Waals surface area (Å²) in [5.41, 5.74) is 1.88. The van der Waals surface area contributed by atoms with Gasteiger partial charge in [-0.3, -0.25) is 9.59 Å². The number of carboxylic acids is 1. The Bertz CT molecular complexity index is 500. The fraction of sp³-hybridized carbons (Fsp3) is 0.500. The van der Waals surface area contributed by atoms with E-state index in [1.165, 1.54) is 11.8 Å². The SMILES string of the molecule is CC(C)c1ccccc1NC(=O)CSC(C(=O)O)C(C)C. The van der Waals surface area contributed by atoms with Crippen LogP contribution in [0.5, 0.6) is 0 Å². The van der Waals surface area contributed by atoms with Crippen LogP contribution in [0, 0.1) is 5.92 Å². The van der Waals surface area contributed by atoms with Crippen molar-refractivity contribution in [1.82, 2.24) is 0 Å². The zero-order valence-corrected chi connectivity index (χ0v) is 13.7. The van der Waals surface area contributed by atoms with Gasteiger partial charge in [0.25, 0.3) is 0 Å². The lowest BCUT2D eigenvalue weighted by Gasteiger charge is -2.16. The Kier molecular flexibility index (Phi) is 6.75. The first kappa shape index (κ1) is 17.6. The minimum Gasteiger partial charge on any atom is -0.480 e. The summed E-state index contributed by atoms with van der Waals surface area (Å²) in [5, 5.41) is 11.4. The molecule has 2 N–H and O–H groups in total. The zero-order chi connectivity index (χ0) is 16.0. The molecule has 0 spiro atoms. The molecule has 1 amide bonds. The monoisotopic (exact) mass is 309 g/mol. The second-order valence-electron chi connectivity index (χ2n) is 5.60. The van der Waals surface area contributed by atoms with Crippen LogP contribution < -0.4 is 5.32 Å². The minimum atomic E-state index is -0.870. The molecule has 5 heteroatoms. The number of carboxylic acid groups (broad SMARTS) is 1. The smallest absolute Gasteiger partial charge is 0.316 e. The van der Waals surface area contributed by atoms with Gasteiger partial charge in [0.05, 0.1) is 5.75 Å². The van der Waals surface area contributed by atoms with E-state index in [1.807, 2.05) is 38.1 Å². The molecule has 1 aromatic carbocycles. The molecule has 0 saturated carbocycles. The molecule has 4 nitrogen and oxygen atoms in total. The lowest BCUT2D eigenvalue weighted by Crippen LogP contribution is -2.25. The second kappa shape index (κ2) is 8.08. The molecular weight excluding hydrogens is 286 g/mol. The normalized spacial score (nSPS) is 12.5. The summed E-state index contributed by atoms with van der Waals surface area (Å²) in [6.07, 6.45) is 0. The number of benzene rings is 1. The van der Waals surface area contributed by atoms with Gasteiger partial charge in [-0.25, -0.2) is 0 Å². The van der Waals surface area contributed by atoms with Crippen molar-refractivity contribution in [3.8, 4) is 0 Å². The van der Waals surface area contributed by atoms with Gasteiger partial charge in [0.2, 0.25) is 5.91 Å². The summed E-state index contributed by atoms with van der Waals surface area (Å²) >= 11 is 1.17. The van der Waals surface area contributed by atoms with E-state index in [4.69, 9.17) is 5.11 Å². The van der Waals surface area contributed by atoms with Crippen molar-refractivity contribution in [1.29, 1.82) is 0 Å². The highest BCUT2D eigenvalue weighted by Gasteiger charge is 2.23. The maximum Gasteiger partial charge on any atom is 0.316 e. The number of amides is 1. The Labute approximate surface area is 130 Å². The number of carbonyl (C=O) groups is 2. The number of nitrogens with one attached hydrogen (secondary N) is 1. The van der Waals surface area contributed by atoms with Gasteiger partial charge in [0.1, 0.15) is 5.25 Å². The van der Waals surface area contributed by atoms with Crippen molar-refractivity contribution in [2.45, 2.75) is 38.9 Å². The van der Waals surface area contributed by atoms with Crippen molar-refractivity contribution in [2.75, 3.05) is 11.1 Å². The molecule has 0 bridgehead atoms. The van der Waals surface area contributed by atoms with E-state index in [0.717, 1.165) is 11.3 Å². The standard InChI is InChI=1S/C16H23NO3S/c1-10(2)12-7-5-6-8-13(12)17-14(18)9-21-15(11(3)4)16(19)20/h5-8,10-11,15H,9H2,1-4H3,(H,17,18)(H,19,20). The van der Waals surface area contributed by atoms with E-state index in [2.05, 4.69) is 19.2 Å². The molecule has 1 rings (SSSR count). The third-order valence-corrected chi connectivity index (χ3v) is 4.63. The first-order valence-corrected chi connectivity index (χ1v) is 8.11. The van der Waals surface area contributed by atoms with E-state index in [0.29, 0.717) is 5.92 Å². The van der Waals surface area contributed by atoms with E-state index < -0.39 is 11.2 Å². The summed E-state index contributed by atoms with van der Waals surface area (Å²) in [7, 11) is 0. The number of thioether (sulfide) groups is 1. The van der Waals surface area contributed by atoms with Gasteiger partial charge >= 0.3 is 5.97 Å². The number of anilines is 1. The van der Waals surface area contributed by atoms with Crippen molar-refractivity contribution < 1.29 is 14.7 Å². The Morgan fingerprint density at radius 3 is 2.33 bits per heavy atom. The summed E-state index contributed by atoms with van der Waals surface area (Å²) in [6, 6.07) is 7.68. The zero-order valence-electron chi connectivity index (χ0n) is 12.9.